The molecule has 0 amide bonds. The molecular weight excluding hydrogens is 1820 g/mol. The minimum atomic E-state index is -3.41. The third kappa shape index (κ3) is 24.1. The molecule has 21 rings (SSSR count). The van der Waals surface area contributed by atoms with Crippen molar-refractivity contribution in [2.75, 3.05) is 100 Å². The number of halogens is 2. The molecule has 39 heteroatoms. The summed E-state index contributed by atoms with van der Waals surface area (Å²) in [4.78, 5) is 53.2. The van der Waals surface area contributed by atoms with E-state index < -0.39 is 21.9 Å². The maximum absolute atomic E-state index is 15.3. The summed E-state index contributed by atoms with van der Waals surface area (Å²) < 4.78 is 79.7. The minimum absolute atomic E-state index is 0.0921. The zero-order chi connectivity index (χ0) is 98.5. The zero-order valence-electron chi connectivity index (χ0n) is 81.4. The number of nitrogens with zero attached hydrogens (tertiary/aromatic N) is 26. The molecule has 5 aliphatic rings. The van der Waals surface area contributed by atoms with Gasteiger partial charge in [-0.05, 0) is 124 Å². The van der Waals surface area contributed by atoms with E-state index in [-0.39, 0.29) is 36.9 Å². The predicted molar refractivity (Wildman–Crippen MR) is 543 cm³/mol. The predicted octanol–water partition coefficient (Wildman–Crippen LogP) is 14.5. The lowest BCUT2D eigenvalue weighted by Gasteiger charge is -2.39. The Kier molecular flexibility index (Phi) is 30.1. The number of carbonyl (C=O) groups excluding carboxylic acids is 1. The Morgan fingerprint density at radius 2 is 0.789 bits per heavy atom. The van der Waals surface area contributed by atoms with Gasteiger partial charge in [-0.25, -0.2) is 57.1 Å². The number of nitrogens with one attached hydrogen (secondary N) is 5. The Hall–Kier alpha value is -14.8. The lowest BCUT2D eigenvalue weighted by Crippen LogP contribution is -2.46. The molecule has 736 valence electrons. The second-order valence-electron chi connectivity index (χ2n) is 37.2. The number of carbonyl (C=O) groups is 1. The number of ether oxygens (including phenoxy) is 2. The van der Waals surface area contributed by atoms with Crippen LogP contribution in [0.1, 0.15) is 70.6 Å². The van der Waals surface area contributed by atoms with Crippen molar-refractivity contribution >= 4 is 39.3 Å². The first-order valence-electron chi connectivity index (χ1n) is 48.0. The van der Waals surface area contributed by atoms with Gasteiger partial charge in [0, 0.05) is 277 Å². The number of aromatic nitrogens is 24. The summed E-state index contributed by atoms with van der Waals surface area (Å²) in [6, 6.07) is 33.6. The number of methoxy groups -OCH3 is 1. The van der Waals surface area contributed by atoms with Gasteiger partial charge in [0.2, 0.25) is 10.0 Å². The van der Waals surface area contributed by atoms with Crippen molar-refractivity contribution in [2.45, 2.75) is 101 Å². The van der Waals surface area contributed by atoms with Crippen LogP contribution in [0.15, 0.2) is 221 Å². The molecule has 16 aromatic rings. The molecule has 2 saturated carbocycles. The minimum Gasteiger partial charge on any atom is -0.469 e. The highest BCUT2D eigenvalue weighted by molar-refractivity contribution is 7.88. The number of hydrogen-bond donors (Lipinski definition) is 5. The van der Waals surface area contributed by atoms with Crippen LogP contribution in [0.3, 0.4) is 0 Å². The first-order valence-corrected chi connectivity index (χ1v) is 49.8. The van der Waals surface area contributed by atoms with Crippen LogP contribution in [0, 0.1) is 11.8 Å². The molecule has 4 aromatic carbocycles. The summed E-state index contributed by atoms with van der Waals surface area (Å²) in [6.45, 7) is 5.90. The maximum Gasteiger partial charge on any atom is 0.308 e. The topological polar surface area (TPSA) is 382 Å². The van der Waals surface area contributed by atoms with Gasteiger partial charge in [-0.1, -0.05) is 79.2 Å². The van der Waals surface area contributed by atoms with Gasteiger partial charge in [0.05, 0.1) is 88.6 Å². The number of hydrogen-bond acceptors (Lipinski definition) is 27. The van der Waals surface area contributed by atoms with Crippen molar-refractivity contribution < 1.29 is 31.5 Å². The van der Waals surface area contributed by atoms with Gasteiger partial charge in [-0.3, -0.25) is 47.1 Å². The van der Waals surface area contributed by atoms with Crippen LogP contribution in [0.5, 0.6) is 0 Å². The Bertz CT molecular complexity index is 7140. The van der Waals surface area contributed by atoms with Crippen molar-refractivity contribution in [1.82, 2.24) is 133 Å². The zero-order valence-corrected chi connectivity index (χ0v) is 82.2. The average Bonchev–Trinajstić information content (AvgIpc) is 1.32. The summed E-state index contributed by atoms with van der Waals surface area (Å²) in [6.07, 6.45) is 46.9. The molecule has 36 nitrogen and oxygen atoms in total. The van der Waals surface area contributed by atoms with Gasteiger partial charge < -0.3 is 36.1 Å². The average molecular weight is 1940 g/mol. The molecule has 0 bridgehead atoms. The molecule has 0 radical (unpaired) electrons. The van der Waals surface area contributed by atoms with E-state index in [0.29, 0.717) is 92.5 Å². The number of anilines is 4. The number of morpholine rings is 1. The number of benzene rings is 4. The van der Waals surface area contributed by atoms with Gasteiger partial charge in [-0.15, -0.1) is 0 Å². The fraction of sp³-hybridized carbons (Fsp3) is 0.369. The second-order valence-corrected chi connectivity index (χ2v) is 39.2. The first-order chi connectivity index (χ1) is 68.8. The molecule has 4 atom stereocenters. The monoisotopic (exact) mass is 1940 g/mol. The van der Waals surface area contributed by atoms with E-state index in [1.807, 2.05) is 219 Å². The van der Waals surface area contributed by atoms with E-state index in [2.05, 4.69) is 119 Å². The number of piperidine rings is 2. The van der Waals surface area contributed by atoms with Crippen molar-refractivity contribution in [3.05, 3.63) is 221 Å². The molecule has 5 N–H and O–H groups in total. The lowest BCUT2D eigenvalue weighted by atomic mass is 9.85. The van der Waals surface area contributed by atoms with Crippen molar-refractivity contribution in [2.24, 2.45) is 68.2 Å². The SMILES string of the molecule is COC(=O)[C@@H]1CCC[C@H](Nc2nc(-c3cccc(-c4cnn(C)c4)c3)ncc2-c2cnn(C)c2)C1.Cn1cc(-c2cccc(-c3ncc(-c4cnn(C)c4)c(NC4CCC(N5CCOCC5)CC4)n3)c2)cn1.Cn1cc(-c2cccc(-c3ncc(-c4cnn(C)c4)c(NCC4(F)CCNCC4)n3)c2)cn1.Cn1cc(-c2cccc(-c3ncc(-c4cnn(C)c4)c(NCC4CCN(S(C)(=O)=O)CC4F)n3)c2)cn1. The largest absolute Gasteiger partial charge is 0.469 e. The molecule has 0 spiro atoms. The Labute approximate surface area is 823 Å². The number of aryl methyl sites for hydroxylation is 8. The highest BCUT2D eigenvalue weighted by atomic mass is 32.2. The van der Waals surface area contributed by atoms with Crippen LogP contribution >= 0.6 is 0 Å². The highest BCUT2D eigenvalue weighted by Gasteiger charge is 2.36. The van der Waals surface area contributed by atoms with Crippen molar-refractivity contribution in [3.8, 4) is 135 Å². The highest BCUT2D eigenvalue weighted by Crippen LogP contribution is 2.40. The van der Waals surface area contributed by atoms with Gasteiger partial charge >= 0.3 is 5.97 Å². The van der Waals surface area contributed by atoms with Crippen LogP contribution in [0.25, 0.3) is 135 Å². The molecular formula is C103H119F2N31O5S. The first kappa shape index (κ1) is 97.4. The summed E-state index contributed by atoms with van der Waals surface area (Å²) in [5.41, 5.74) is 17.8. The molecule has 15 heterocycles. The normalized spacial score (nSPS) is 18.3. The van der Waals surface area contributed by atoms with Gasteiger partial charge in [-0.2, -0.15) is 45.1 Å². The second kappa shape index (κ2) is 43.9. The quantitative estimate of drug-likeness (QED) is 0.0332. The smallest absolute Gasteiger partial charge is 0.308 e. The maximum atomic E-state index is 15.3. The Balaban J connectivity index is 0.000000125. The van der Waals surface area contributed by atoms with Crippen LogP contribution in [0.2, 0.25) is 0 Å². The van der Waals surface area contributed by atoms with Gasteiger partial charge in [0.15, 0.2) is 23.3 Å². The fourth-order valence-electron chi connectivity index (χ4n) is 18.9. The molecule has 12 aromatic heterocycles. The van der Waals surface area contributed by atoms with Gasteiger partial charge in [0.1, 0.15) is 35.1 Å². The van der Waals surface area contributed by atoms with Crippen molar-refractivity contribution in [1.29, 1.82) is 0 Å². The number of sulfonamides is 1. The van der Waals surface area contributed by atoms with Crippen LogP contribution in [-0.2, 0) is 80.7 Å². The molecule has 3 saturated heterocycles. The molecule has 2 aliphatic carbocycles. The van der Waals surface area contributed by atoms with Crippen LogP contribution in [-0.4, -0.2) is 251 Å². The lowest BCUT2D eigenvalue weighted by molar-refractivity contribution is -0.146. The third-order valence-electron chi connectivity index (χ3n) is 26.7. The van der Waals surface area contributed by atoms with Crippen LogP contribution < -0.4 is 26.6 Å². The van der Waals surface area contributed by atoms with Gasteiger partial charge in [0.25, 0.3) is 0 Å². The number of esters is 1. The van der Waals surface area contributed by atoms with E-state index in [1.54, 1.807) is 59.1 Å². The number of rotatable bonds is 25. The third-order valence-corrected chi connectivity index (χ3v) is 28.0. The van der Waals surface area contributed by atoms with E-state index in [0.717, 1.165) is 194 Å². The van der Waals surface area contributed by atoms with Crippen molar-refractivity contribution in [3.63, 3.8) is 0 Å². The van der Waals surface area contributed by atoms with E-state index in [1.165, 1.54) is 24.3 Å². The summed E-state index contributed by atoms with van der Waals surface area (Å²) >= 11 is 0. The molecule has 2 unspecified atom stereocenters. The Morgan fingerprint density at radius 1 is 0.437 bits per heavy atom. The standard InChI is InChI=1S/C28H34N8O.C26H29N7O2.C25H29FN8O2S.C24H27FN8/c1-34-18-22(15-30-34)20-4-3-5-21(14-20)27-29-17-26(23-16-31-35(2)19-23)28(33-27)32-24-6-8-25(9-7-24)36-10-12-37-13-11-36;1-32-15-20(12-28-32)17-6-4-7-18(10-17)24-27-14-23(21-13-29-33(2)16-21)25(31-24)30-22-9-5-8-19(11-22)26(34)35-3;1-32-14-20(11-29-32)17-5-4-6-18(9-17)24-28-13-22(21-12-30-33(2)15-21)25(31-24)27-10-19-7-8-34(16-23(19)26)37(3,35)36;1-32-14-19(11-29-32)17-4-3-5-18(10-17)22-27-13-21(20-12-30-33(2)15-20)23(31-22)28-16-24(25)6-8-26-9-7-24/h3-5,14-19,24-25H,6-13H2,1-2H3,(H,29,32,33);4,6-7,10,12-16,19,22H,5,8-9,11H2,1-3H3,(H,27,30,31);4-6,9,11-15,19,23H,7-8,10,16H2,1-3H3,(H,27,28,31);3-5,10-15,26H,6-9,16H2,1-2H3,(H,27,28,31)/t;19-,22+;;/m.1../s1. The summed E-state index contributed by atoms with van der Waals surface area (Å²) in [5, 5.41) is 51.6. The van der Waals surface area contributed by atoms with E-state index >= 15 is 4.39 Å². The van der Waals surface area contributed by atoms with E-state index in [4.69, 9.17) is 39.4 Å². The molecule has 3 aliphatic heterocycles. The summed E-state index contributed by atoms with van der Waals surface area (Å²) in [5.74, 6) is 4.67. The summed E-state index contributed by atoms with van der Waals surface area (Å²) in [7, 11) is 13.2. The van der Waals surface area contributed by atoms with E-state index in [9.17, 15) is 17.6 Å². The Morgan fingerprint density at radius 3 is 1.15 bits per heavy atom. The molecule has 142 heavy (non-hydrogen) atoms. The fourth-order valence-corrected chi connectivity index (χ4v) is 19.7. The van der Waals surface area contributed by atoms with Crippen LogP contribution in [0.4, 0.5) is 32.1 Å². The molecule has 5 fully saturated rings. The number of alkyl halides is 2.